The normalized spacial score (nSPS) is 20.9. The number of carbonyl (C=O) groups excluding carboxylic acids is 1. The topological polar surface area (TPSA) is 58.4 Å². The first-order chi connectivity index (χ1) is 11.2. The molecule has 3 N–H and O–H groups in total. The average Bonchev–Trinajstić information content (AvgIpc) is 3.07. The second-order valence-electron chi connectivity index (χ2n) is 6.48. The number of nitrogens with two attached hydrogens (primary N) is 1. The van der Waals surface area contributed by atoms with Gasteiger partial charge in [0.2, 0.25) is 5.91 Å². The molecular formula is C19H31N3O. The quantitative estimate of drug-likeness (QED) is 0.774. The minimum absolute atomic E-state index is 0.106. The fourth-order valence-electron chi connectivity index (χ4n) is 3.55. The summed E-state index contributed by atoms with van der Waals surface area (Å²) in [4.78, 5) is 14.8. The molecule has 1 saturated carbocycles. The Morgan fingerprint density at radius 3 is 2.57 bits per heavy atom. The van der Waals surface area contributed by atoms with Gasteiger partial charge in [-0.1, -0.05) is 44.5 Å². The number of rotatable bonds is 8. The molecule has 0 aromatic heterocycles. The van der Waals surface area contributed by atoms with Gasteiger partial charge in [0.15, 0.2) is 0 Å². The maximum atomic E-state index is 12.5. The monoisotopic (exact) mass is 317 g/mol. The lowest BCUT2D eigenvalue weighted by molar-refractivity contribution is -0.126. The molecule has 4 heteroatoms. The molecule has 0 spiro atoms. The molecule has 1 amide bonds. The van der Waals surface area contributed by atoms with Crippen LogP contribution in [0.25, 0.3) is 0 Å². The first-order valence-electron chi connectivity index (χ1n) is 8.96. The number of hydrogen-bond donors (Lipinski definition) is 2. The molecule has 2 rings (SSSR count). The van der Waals surface area contributed by atoms with Crippen molar-refractivity contribution in [1.29, 1.82) is 0 Å². The lowest BCUT2D eigenvalue weighted by atomic mass is 9.95. The van der Waals surface area contributed by atoms with Gasteiger partial charge < -0.3 is 11.1 Å². The molecule has 2 atom stereocenters. The first kappa shape index (κ1) is 18.0. The van der Waals surface area contributed by atoms with Crippen molar-refractivity contribution in [3.8, 4) is 0 Å². The molecule has 4 nitrogen and oxygen atoms in total. The SMILES string of the molecule is CCN(CC)Cc1ccccc1CNC(=O)[C@@H]1CCC[C@@H]1CN. The Bertz CT molecular complexity index is 499. The largest absolute Gasteiger partial charge is 0.352 e. The second-order valence-corrected chi connectivity index (χ2v) is 6.48. The van der Waals surface area contributed by atoms with Crippen molar-refractivity contribution in [2.75, 3.05) is 19.6 Å². The standard InChI is InChI=1S/C19H31N3O/c1-3-22(4-2)14-17-9-6-5-8-16(17)13-21-19(23)18-11-7-10-15(18)12-20/h5-6,8-9,15,18H,3-4,7,10-14,20H2,1-2H3,(H,21,23)/t15-,18-/m1/s1. The fraction of sp³-hybridized carbons (Fsp3) is 0.632. The van der Waals surface area contributed by atoms with Gasteiger partial charge in [0, 0.05) is 19.0 Å². The molecule has 0 heterocycles. The Morgan fingerprint density at radius 1 is 1.22 bits per heavy atom. The highest BCUT2D eigenvalue weighted by atomic mass is 16.1. The van der Waals surface area contributed by atoms with E-state index in [4.69, 9.17) is 5.73 Å². The molecule has 0 aliphatic heterocycles. The van der Waals surface area contributed by atoms with Crippen LogP contribution in [0.3, 0.4) is 0 Å². The summed E-state index contributed by atoms with van der Waals surface area (Å²) in [5.41, 5.74) is 8.31. The van der Waals surface area contributed by atoms with Crippen LogP contribution in [0.1, 0.15) is 44.2 Å². The highest BCUT2D eigenvalue weighted by molar-refractivity contribution is 5.79. The number of carbonyl (C=O) groups is 1. The number of benzene rings is 1. The zero-order chi connectivity index (χ0) is 16.7. The molecule has 1 aromatic rings. The van der Waals surface area contributed by atoms with Crippen molar-refractivity contribution in [2.24, 2.45) is 17.6 Å². The minimum Gasteiger partial charge on any atom is -0.352 e. The summed E-state index contributed by atoms with van der Waals surface area (Å²) in [6, 6.07) is 8.41. The third-order valence-corrected chi connectivity index (χ3v) is 5.16. The summed E-state index contributed by atoms with van der Waals surface area (Å²) < 4.78 is 0. The van der Waals surface area contributed by atoms with Gasteiger partial charge in [-0.05, 0) is 49.5 Å². The molecule has 1 aliphatic carbocycles. The number of nitrogens with zero attached hydrogens (tertiary/aromatic N) is 1. The van der Waals surface area contributed by atoms with Gasteiger partial charge in [-0.25, -0.2) is 0 Å². The Hall–Kier alpha value is -1.39. The van der Waals surface area contributed by atoms with E-state index in [0.717, 1.165) is 38.9 Å². The number of hydrogen-bond acceptors (Lipinski definition) is 3. The first-order valence-corrected chi connectivity index (χ1v) is 8.96. The van der Waals surface area contributed by atoms with Gasteiger partial charge in [0.25, 0.3) is 0 Å². The van der Waals surface area contributed by atoms with E-state index >= 15 is 0 Å². The van der Waals surface area contributed by atoms with Crippen LogP contribution in [-0.2, 0) is 17.9 Å². The van der Waals surface area contributed by atoms with Crippen LogP contribution in [0.5, 0.6) is 0 Å². The van der Waals surface area contributed by atoms with Crippen LogP contribution in [0.2, 0.25) is 0 Å². The summed E-state index contributed by atoms with van der Waals surface area (Å²) in [6.07, 6.45) is 3.19. The summed E-state index contributed by atoms with van der Waals surface area (Å²) in [6.45, 7) is 8.62. The number of amides is 1. The van der Waals surface area contributed by atoms with Gasteiger partial charge in [-0.15, -0.1) is 0 Å². The van der Waals surface area contributed by atoms with Crippen LogP contribution in [0, 0.1) is 11.8 Å². The molecule has 1 aromatic carbocycles. The van der Waals surface area contributed by atoms with Gasteiger partial charge in [-0.2, -0.15) is 0 Å². The molecule has 0 radical (unpaired) electrons. The van der Waals surface area contributed by atoms with E-state index < -0.39 is 0 Å². The van der Waals surface area contributed by atoms with Gasteiger partial charge in [-0.3, -0.25) is 9.69 Å². The van der Waals surface area contributed by atoms with E-state index in [0.29, 0.717) is 19.0 Å². The minimum atomic E-state index is 0.106. The Morgan fingerprint density at radius 2 is 1.91 bits per heavy atom. The third-order valence-electron chi connectivity index (χ3n) is 5.16. The predicted octanol–water partition coefficient (Wildman–Crippen LogP) is 2.52. The van der Waals surface area contributed by atoms with Crippen molar-refractivity contribution in [1.82, 2.24) is 10.2 Å². The van der Waals surface area contributed by atoms with E-state index in [9.17, 15) is 4.79 Å². The molecule has 128 valence electrons. The molecule has 0 unspecified atom stereocenters. The van der Waals surface area contributed by atoms with E-state index in [1.54, 1.807) is 0 Å². The van der Waals surface area contributed by atoms with Gasteiger partial charge in [0.05, 0.1) is 0 Å². The second kappa shape index (κ2) is 9.04. The molecule has 0 saturated heterocycles. The van der Waals surface area contributed by atoms with E-state index in [1.165, 1.54) is 11.1 Å². The molecule has 23 heavy (non-hydrogen) atoms. The highest BCUT2D eigenvalue weighted by Crippen LogP contribution is 2.31. The number of nitrogens with one attached hydrogen (secondary N) is 1. The predicted molar refractivity (Wildman–Crippen MR) is 94.8 cm³/mol. The lowest BCUT2D eigenvalue weighted by Gasteiger charge is -2.21. The van der Waals surface area contributed by atoms with E-state index in [2.05, 4.69) is 42.3 Å². The summed E-state index contributed by atoms with van der Waals surface area (Å²) in [7, 11) is 0. The van der Waals surface area contributed by atoms with Gasteiger partial charge in [0.1, 0.15) is 0 Å². The Labute approximate surface area is 140 Å². The smallest absolute Gasteiger partial charge is 0.223 e. The van der Waals surface area contributed by atoms with Crippen LogP contribution in [0.15, 0.2) is 24.3 Å². The highest BCUT2D eigenvalue weighted by Gasteiger charge is 2.31. The summed E-state index contributed by atoms with van der Waals surface area (Å²) in [5, 5.41) is 3.14. The molecule has 1 aliphatic rings. The zero-order valence-electron chi connectivity index (χ0n) is 14.6. The van der Waals surface area contributed by atoms with Crippen LogP contribution in [0.4, 0.5) is 0 Å². The van der Waals surface area contributed by atoms with Crippen molar-refractivity contribution >= 4 is 5.91 Å². The maximum absolute atomic E-state index is 12.5. The van der Waals surface area contributed by atoms with Crippen LogP contribution in [-0.4, -0.2) is 30.4 Å². The van der Waals surface area contributed by atoms with Crippen molar-refractivity contribution in [2.45, 2.75) is 46.2 Å². The Kier molecular flexibility index (Phi) is 7.06. The van der Waals surface area contributed by atoms with E-state index in [1.807, 2.05) is 6.07 Å². The van der Waals surface area contributed by atoms with Gasteiger partial charge >= 0.3 is 0 Å². The summed E-state index contributed by atoms with van der Waals surface area (Å²) >= 11 is 0. The average molecular weight is 317 g/mol. The van der Waals surface area contributed by atoms with Crippen molar-refractivity contribution in [3.63, 3.8) is 0 Å². The third kappa shape index (κ3) is 4.79. The van der Waals surface area contributed by atoms with Crippen molar-refractivity contribution < 1.29 is 4.79 Å². The van der Waals surface area contributed by atoms with E-state index in [-0.39, 0.29) is 11.8 Å². The van der Waals surface area contributed by atoms with Crippen LogP contribution >= 0.6 is 0 Å². The van der Waals surface area contributed by atoms with Crippen molar-refractivity contribution in [3.05, 3.63) is 35.4 Å². The van der Waals surface area contributed by atoms with Crippen LogP contribution < -0.4 is 11.1 Å². The fourth-order valence-corrected chi connectivity index (χ4v) is 3.55. The molecule has 1 fully saturated rings. The lowest BCUT2D eigenvalue weighted by Crippen LogP contribution is -2.35. The Balaban J connectivity index is 1.96. The molecular weight excluding hydrogens is 286 g/mol. The summed E-state index contributed by atoms with van der Waals surface area (Å²) in [5.74, 6) is 0.645. The zero-order valence-corrected chi connectivity index (χ0v) is 14.6. The maximum Gasteiger partial charge on any atom is 0.223 e. The molecule has 0 bridgehead atoms.